The van der Waals surface area contributed by atoms with Crippen LogP contribution in [-0.4, -0.2) is 19.4 Å². The predicted molar refractivity (Wildman–Crippen MR) is 101 cm³/mol. The molecule has 0 saturated heterocycles. The van der Waals surface area contributed by atoms with Crippen molar-refractivity contribution in [3.63, 3.8) is 0 Å². The molecule has 1 unspecified atom stereocenters. The fourth-order valence-electron chi connectivity index (χ4n) is 2.25. The molecular formula is C19H17BrN2O4. The van der Waals surface area contributed by atoms with Gasteiger partial charge in [0.05, 0.1) is 7.11 Å². The van der Waals surface area contributed by atoms with Crippen molar-refractivity contribution in [1.29, 1.82) is 5.41 Å². The Morgan fingerprint density at radius 3 is 2.65 bits per heavy atom. The second-order valence-electron chi connectivity index (χ2n) is 5.11. The summed E-state index contributed by atoms with van der Waals surface area (Å²) < 4.78 is 16.3. The predicted octanol–water partition coefficient (Wildman–Crippen LogP) is 3.41. The van der Waals surface area contributed by atoms with Crippen molar-refractivity contribution in [2.45, 2.75) is 12.6 Å². The van der Waals surface area contributed by atoms with Gasteiger partial charge in [-0.3, -0.25) is 10.2 Å². The summed E-state index contributed by atoms with van der Waals surface area (Å²) in [7, 11) is 1.50. The number of methoxy groups -OCH3 is 1. The maximum Gasteiger partial charge on any atom is 0.266 e. The number of hydrogen-bond acceptors (Lipinski definition) is 5. The monoisotopic (exact) mass is 416 g/mol. The van der Waals surface area contributed by atoms with Gasteiger partial charge in [0, 0.05) is 16.6 Å². The van der Waals surface area contributed by atoms with E-state index >= 15 is 0 Å². The molecule has 0 heterocycles. The number of hydrogen-bond donors (Lipinski definition) is 2. The number of carbonyl (C=O) groups excluding carboxylic acids is 1. The van der Waals surface area contributed by atoms with E-state index in [1.807, 2.05) is 0 Å². The maximum atomic E-state index is 12.5. The van der Waals surface area contributed by atoms with Gasteiger partial charge in [0.1, 0.15) is 6.11 Å². The number of nitrogens with one attached hydrogen (secondary N) is 2. The summed E-state index contributed by atoms with van der Waals surface area (Å²) >= 11 is 3.34. The van der Waals surface area contributed by atoms with Gasteiger partial charge in [0.15, 0.2) is 17.9 Å². The standard InChI is InChI=1S/C19H17BrN2O4/c1-3-25-16-9-4-13(10-17(16)24-2)11-22-19(23)18(26-12-21)14-5-7-15(20)8-6-14/h1,4-10,12,18,21H,11H2,2H3,(H,22,23). The zero-order valence-corrected chi connectivity index (χ0v) is 15.6. The Hall–Kier alpha value is -2.98. The van der Waals surface area contributed by atoms with Gasteiger partial charge in [-0.05, 0) is 29.8 Å². The van der Waals surface area contributed by atoms with E-state index in [1.54, 1.807) is 42.5 Å². The fourth-order valence-corrected chi connectivity index (χ4v) is 2.51. The molecule has 0 spiro atoms. The lowest BCUT2D eigenvalue weighted by atomic mass is 10.1. The van der Waals surface area contributed by atoms with Crippen LogP contribution in [0.1, 0.15) is 17.2 Å². The zero-order valence-electron chi connectivity index (χ0n) is 14.0. The summed E-state index contributed by atoms with van der Waals surface area (Å²) in [6, 6.07) is 12.3. The van der Waals surface area contributed by atoms with Crippen LogP contribution < -0.4 is 14.8 Å². The molecule has 2 aromatic carbocycles. The van der Waals surface area contributed by atoms with Crippen LogP contribution in [0.4, 0.5) is 0 Å². The molecule has 2 rings (SSSR count). The van der Waals surface area contributed by atoms with Crippen LogP contribution in [-0.2, 0) is 16.1 Å². The molecule has 0 fully saturated rings. The second kappa shape index (κ2) is 9.49. The molecule has 0 aliphatic carbocycles. The summed E-state index contributed by atoms with van der Waals surface area (Å²) in [6.45, 7) is 0.250. The van der Waals surface area contributed by atoms with Crippen LogP contribution in [0.25, 0.3) is 0 Å². The van der Waals surface area contributed by atoms with Crippen molar-refractivity contribution in [1.82, 2.24) is 5.32 Å². The van der Waals surface area contributed by atoms with E-state index in [2.05, 4.69) is 27.4 Å². The Bertz CT molecular complexity index is 815. The molecule has 0 aliphatic heterocycles. The highest BCUT2D eigenvalue weighted by Gasteiger charge is 2.21. The van der Waals surface area contributed by atoms with Crippen LogP contribution in [0, 0.1) is 17.9 Å². The van der Waals surface area contributed by atoms with Gasteiger partial charge in [-0.15, -0.1) is 0 Å². The zero-order chi connectivity index (χ0) is 18.9. The molecule has 26 heavy (non-hydrogen) atoms. The van der Waals surface area contributed by atoms with Gasteiger partial charge in [-0.2, -0.15) is 0 Å². The molecule has 7 heteroatoms. The van der Waals surface area contributed by atoms with Crippen molar-refractivity contribution in [3.8, 4) is 24.0 Å². The second-order valence-corrected chi connectivity index (χ2v) is 6.02. The first-order valence-corrected chi connectivity index (χ1v) is 8.35. The lowest BCUT2D eigenvalue weighted by Crippen LogP contribution is -2.30. The van der Waals surface area contributed by atoms with Crippen molar-refractivity contribution in [2.75, 3.05) is 7.11 Å². The Kier molecular flexibility index (Phi) is 7.06. The van der Waals surface area contributed by atoms with E-state index in [0.717, 1.165) is 16.4 Å². The molecule has 0 radical (unpaired) electrons. The minimum absolute atomic E-state index is 0.250. The smallest absolute Gasteiger partial charge is 0.266 e. The van der Waals surface area contributed by atoms with Crippen LogP contribution in [0.2, 0.25) is 0 Å². The first-order valence-electron chi connectivity index (χ1n) is 7.56. The van der Waals surface area contributed by atoms with Crippen LogP contribution in [0.15, 0.2) is 46.9 Å². The maximum absolute atomic E-state index is 12.5. The molecule has 2 N–H and O–H groups in total. The first kappa shape index (κ1) is 19.3. The van der Waals surface area contributed by atoms with Gasteiger partial charge in [-0.1, -0.05) is 40.6 Å². The van der Waals surface area contributed by atoms with E-state index in [4.69, 9.17) is 26.0 Å². The van der Waals surface area contributed by atoms with Gasteiger partial charge < -0.3 is 19.5 Å². The summed E-state index contributed by atoms with van der Waals surface area (Å²) in [5, 5.41) is 9.93. The van der Waals surface area contributed by atoms with Crippen molar-refractivity contribution < 1.29 is 19.0 Å². The average Bonchev–Trinajstić information content (AvgIpc) is 2.66. The summed E-state index contributed by atoms with van der Waals surface area (Å²) in [6.07, 6.45) is 7.06. The summed E-state index contributed by atoms with van der Waals surface area (Å²) in [4.78, 5) is 12.5. The molecular weight excluding hydrogens is 400 g/mol. The Morgan fingerprint density at radius 2 is 2.04 bits per heavy atom. The van der Waals surface area contributed by atoms with Crippen molar-refractivity contribution in [2.24, 2.45) is 0 Å². The molecule has 2 aromatic rings. The average molecular weight is 417 g/mol. The Labute approximate surface area is 160 Å². The number of rotatable bonds is 8. The van der Waals surface area contributed by atoms with Gasteiger partial charge in [-0.25, -0.2) is 0 Å². The molecule has 1 amide bonds. The topological polar surface area (TPSA) is 80.6 Å². The largest absolute Gasteiger partial charge is 0.493 e. The van der Waals surface area contributed by atoms with Gasteiger partial charge >= 0.3 is 0 Å². The SMILES string of the molecule is C#COc1ccc(CNC(=O)C(OC=N)c2ccc(Br)cc2)cc1OC. The molecule has 0 aromatic heterocycles. The molecule has 0 saturated carbocycles. The van der Waals surface area contributed by atoms with Crippen LogP contribution in [0.5, 0.6) is 11.5 Å². The first-order chi connectivity index (χ1) is 12.6. The van der Waals surface area contributed by atoms with E-state index in [-0.39, 0.29) is 12.5 Å². The third-order valence-corrected chi connectivity index (χ3v) is 4.01. The minimum Gasteiger partial charge on any atom is -0.493 e. The number of carbonyl (C=O) groups is 1. The van der Waals surface area contributed by atoms with Crippen molar-refractivity contribution in [3.05, 3.63) is 58.1 Å². The third-order valence-electron chi connectivity index (χ3n) is 3.48. The highest BCUT2D eigenvalue weighted by molar-refractivity contribution is 9.10. The normalized spacial score (nSPS) is 11.0. The minimum atomic E-state index is -0.911. The Morgan fingerprint density at radius 1 is 1.31 bits per heavy atom. The van der Waals surface area contributed by atoms with Gasteiger partial charge in [0.25, 0.3) is 5.91 Å². The lowest BCUT2D eigenvalue weighted by Gasteiger charge is -2.16. The third kappa shape index (κ3) is 5.01. The van der Waals surface area contributed by atoms with E-state index in [9.17, 15) is 4.79 Å². The highest BCUT2D eigenvalue weighted by Crippen LogP contribution is 2.28. The molecule has 1 atom stereocenters. The molecule has 134 valence electrons. The number of halogens is 1. The summed E-state index contributed by atoms with van der Waals surface area (Å²) in [5.41, 5.74) is 1.44. The number of ether oxygens (including phenoxy) is 3. The molecule has 6 nitrogen and oxygen atoms in total. The van der Waals surface area contributed by atoms with Crippen molar-refractivity contribution >= 4 is 28.2 Å². The summed E-state index contributed by atoms with van der Waals surface area (Å²) in [5.74, 6) is 0.526. The van der Waals surface area contributed by atoms with E-state index < -0.39 is 6.10 Å². The van der Waals surface area contributed by atoms with Crippen LogP contribution >= 0.6 is 15.9 Å². The van der Waals surface area contributed by atoms with E-state index in [0.29, 0.717) is 17.1 Å². The molecule has 0 aliphatic rings. The number of terminal acetylenes is 1. The Balaban J connectivity index is 2.09. The lowest BCUT2D eigenvalue weighted by molar-refractivity contribution is -0.128. The molecule has 0 bridgehead atoms. The number of amides is 1. The van der Waals surface area contributed by atoms with Crippen LogP contribution in [0.3, 0.4) is 0 Å². The quantitative estimate of drug-likeness (QED) is 0.392. The van der Waals surface area contributed by atoms with Gasteiger partial charge in [0.2, 0.25) is 6.10 Å². The highest BCUT2D eigenvalue weighted by atomic mass is 79.9. The fraction of sp³-hybridized carbons (Fsp3) is 0.158. The van der Waals surface area contributed by atoms with E-state index in [1.165, 1.54) is 7.11 Å². The number of benzene rings is 2.